The highest BCUT2D eigenvalue weighted by Gasteiger charge is 2.16. The summed E-state index contributed by atoms with van der Waals surface area (Å²) in [5, 5.41) is 18.7. The topological polar surface area (TPSA) is 109 Å². The number of ether oxygens (including phenoxy) is 1. The van der Waals surface area contributed by atoms with Crippen LogP contribution in [0.5, 0.6) is 5.75 Å². The molecule has 0 aliphatic heterocycles. The van der Waals surface area contributed by atoms with Gasteiger partial charge in [0.25, 0.3) is 5.56 Å². The summed E-state index contributed by atoms with van der Waals surface area (Å²) >= 11 is 6.05. The summed E-state index contributed by atoms with van der Waals surface area (Å²) < 4.78 is 6.62. The second-order valence-electron chi connectivity index (χ2n) is 6.74. The number of aromatic nitrogens is 1. The minimum absolute atomic E-state index is 0.0449. The Hall–Kier alpha value is -3.89. The number of aromatic carboxylic acids is 1. The lowest BCUT2D eigenvalue weighted by molar-refractivity contribution is -0.119. The molecule has 0 radical (unpaired) electrons. The summed E-state index contributed by atoms with van der Waals surface area (Å²) in [4.78, 5) is 36.0. The van der Waals surface area contributed by atoms with Crippen LogP contribution in [0.2, 0.25) is 5.02 Å². The lowest BCUT2D eigenvalue weighted by atomic mass is 10.0. The third-order valence-electron chi connectivity index (χ3n) is 4.65. The van der Waals surface area contributed by atoms with Crippen molar-refractivity contribution in [2.75, 3.05) is 7.11 Å². The van der Waals surface area contributed by atoms with Crippen molar-refractivity contribution in [1.29, 1.82) is 5.26 Å². The average molecular weight is 437 g/mol. The molecular formula is C23H17ClN2O5. The predicted molar refractivity (Wildman–Crippen MR) is 115 cm³/mol. The highest BCUT2D eigenvalue weighted by atomic mass is 35.5. The van der Waals surface area contributed by atoms with E-state index < -0.39 is 11.5 Å². The zero-order valence-electron chi connectivity index (χ0n) is 16.5. The molecule has 0 atom stereocenters. The van der Waals surface area contributed by atoms with E-state index in [0.717, 1.165) is 0 Å². The van der Waals surface area contributed by atoms with Crippen molar-refractivity contribution in [3.8, 4) is 22.9 Å². The maximum absolute atomic E-state index is 12.6. The molecule has 0 saturated carbocycles. The molecule has 3 rings (SSSR count). The fourth-order valence-corrected chi connectivity index (χ4v) is 3.30. The molecule has 2 aromatic carbocycles. The highest BCUT2D eigenvalue weighted by Crippen LogP contribution is 2.32. The summed E-state index contributed by atoms with van der Waals surface area (Å²) in [5.41, 5.74) is 1.53. The van der Waals surface area contributed by atoms with Crippen molar-refractivity contribution < 1.29 is 19.4 Å². The molecule has 0 amide bonds. The van der Waals surface area contributed by atoms with Crippen LogP contribution >= 0.6 is 11.6 Å². The van der Waals surface area contributed by atoms with Crippen LogP contribution in [0, 0.1) is 11.3 Å². The van der Waals surface area contributed by atoms with Crippen LogP contribution < -0.4 is 10.3 Å². The third-order valence-corrected chi connectivity index (χ3v) is 4.89. The average Bonchev–Trinajstić information content (AvgIpc) is 2.75. The van der Waals surface area contributed by atoms with E-state index >= 15 is 0 Å². The van der Waals surface area contributed by atoms with E-state index in [-0.39, 0.29) is 24.3 Å². The number of rotatable bonds is 7. The largest absolute Gasteiger partial charge is 0.495 e. The number of nitrogens with zero attached hydrogens (tertiary/aromatic N) is 2. The lowest BCUT2D eigenvalue weighted by Crippen LogP contribution is -2.24. The Kier molecular flexibility index (Phi) is 6.53. The van der Waals surface area contributed by atoms with E-state index in [9.17, 15) is 19.6 Å². The first kappa shape index (κ1) is 21.8. The molecule has 0 aliphatic carbocycles. The zero-order valence-corrected chi connectivity index (χ0v) is 17.2. The van der Waals surface area contributed by atoms with Gasteiger partial charge in [0.2, 0.25) is 0 Å². The maximum Gasteiger partial charge on any atom is 0.335 e. The van der Waals surface area contributed by atoms with Gasteiger partial charge in [-0.1, -0.05) is 23.7 Å². The molecule has 0 aliphatic rings. The highest BCUT2D eigenvalue weighted by molar-refractivity contribution is 6.31. The Bertz CT molecular complexity index is 1260. The van der Waals surface area contributed by atoms with E-state index in [1.54, 1.807) is 30.3 Å². The number of carboxylic acids is 1. The van der Waals surface area contributed by atoms with E-state index in [4.69, 9.17) is 21.4 Å². The van der Waals surface area contributed by atoms with Crippen LogP contribution in [0.25, 0.3) is 11.1 Å². The number of ketones is 1. The van der Waals surface area contributed by atoms with Gasteiger partial charge in [0.1, 0.15) is 5.75 Å². The molecule has 1 aromatic heterocycles. The fraction of sp³-hybridized carbons (Fsp3) is 0.130. The summed E-state index contributed by atoms with van der Waals surface area (Å²) in [7, 11) is 1.43. The standard InChI is InChI=1S/C23H17ClN2O5/c1-31-21-13-26(12-18(27)8-14-2-4-15(5-3-14)23(29)30)22(28)10-20(21)19-9-17(24)7-6-16(19)11-25/h2-7,9-10,13H,8,12H2,1H3,(H,29,30). The number of methoxy groups -OCH3 is 1. The Morgan fingerprint density at radius 2 is 1.84 bits per heavy atom. The first-order chi connectivity index (χ1) is 14.8. The number of hydrogen-bond acceptors (Lipinski definition) is 5. The van der Waals surface area contributed by atoms with Crippen LogP contribution in [-0.4, -0.2) is 28.5 Å². The number of carboxylic acid groups (broad SMARTS) is 1. The molecule has 0 bridgehead atoms. The summed E-state index contributed by atoms with van der Waals surface area (Å²) in [5.74, 6) is -0.965. The van der Waals surface area contributed by atoms with E-state index in [1.807, 2.05) is 0 Å². The number of carbonyl (C=O) groups excluding carboxylic acids is 1. The van der Waals surface area contributed by atoms with E-state index in [1.165, 1.54) is 36.1 Å². The van der Waals surface area contributed by atoms with Crippen LogP contribution in [0.3, 0.4) is 0 Å². The molecule has 156 valence electrons. The number of halogens is 1. The Morgan fingerprint density at radius 3 is 2.45 bits per heavy atom. The second-order valence-corrected chi connectivity index (χ2v) is 7.18. The van der Waals surface area contributed by atoms with Gasteiger partial charge in [-0.05, 0) is 35.9 Å². The van der Waals surface area contributed by atoms with Crippen molar-refractivity contribution in [1.82, 2.24) is 4.57 Å². The number of Topliss-reactive ketones (excluding diaryl/α,β-unsaturated/α-hetero) is 1. The first-order valence-corrected chi connectivity index (χ1v) is 9.52. The smallest absolute Gasteiger partial charge is 0.335 e. The molecule has 0 unspecified atom stereocenters. The molecule has 3 aromatic rings. The number of nitriles is 1. The van der Waals surface area contributed by atoms with Gasteiger partial charge < -0.3 is 14.4 Å². The van der Waals surface area contributed by atoms with Gasteiger partial charge in [-0.2, -0.15) is 5.26 Å². The normalized spacial score (nSPS) is 10.4. The van der Waals surface area contributed by atoms with E-state index in [2.05, 4.69) is 6.07 Å². The maximum atomic E-state index is 12.6. The monoisotopic (exact) mass is 436 g/mol. The molecule has 1 N–H and O–H groups in total. The Balaban J connectivity index is 1.87. The van der Waals surface area contributed by atoms with Gasteiger partial charge in [-0.15, -0.1) is 0 Å². The van der Waals surface area contributed by atoms with Crippen LogP contribution in [0.1, 0.15) is 21.5 Å². The summed E-state index contributed by atoms with van der Waals surface area (Å²) in [6, 6.07) is 14.1. The van der Waals surface area contributed by atoms with E-state index in [0.29, 0.717) is 33.0 Å². The van der Waals surface area contributed by atoms with Crippen LogP contribution in [0.15, 0.2) is 59.5 Å². The summed E-state index contributed by atoms with van der Waals surface area (Å²) in [6.45, 7) is -0.184. The number of benzene rings is 2. The molecule has 8 heteroatoms. The molecule has 0 saturated heterocycles. The minimum Gasteiger partial charge on any atom is -0.495 e. The summed E-state index contributed by atoms with van der Waals surface area (Å²) in [6.07, 6.45) is 1.47. The minimum atomic E-state index is -1.05. The van der Waals surface area contributed by atoms with Crippen molar-refractivity contribution in [3.05, 3.63) is 86.8 Å². The Morgan fingerprint density at radius 1 is 1.13 bits per heavy atom. The van der Waals surface area contributed by atoms with Crippen molar-refractivity contribution >= 4 is 23.4 Å². The van der Waals surface area contributed by atoms with Gasteiger partial charge in [0.05, 0.1) is 37.0 Å². The molecular weight excluding hydrogens is 420 g/mol. The molecule has 1 heterocycles. The number of carbonyl (C=O) groups is 2. The predicted octanol–water partition coefficient (Wildman–Crippen LogP) is 3.56. The van der Waals surface area contributed by atoms with Crippen molar-refractivity contribution in [3.63, 3.8) is 0 Å². The number of hydrogen-bond donors (Lipinski definition) is 1. The van der Waals surface area contributed by atoms with Gasteiger partial charge in [0.15, 0.2) is 5.78 Å². The third kappa shape index (κ3) is 5.00. The molecule has 7 nitrogen and oxygen atoms in total. The van der Waals surface area contributed by atoms with Gasteiger partial charge in [-0.25, -0.2) is 4.79 Å². The van der Waals surface area contributed by atoms with Gasteiger partial charge in [0, 0.05) is 28.6 Å². The zero-order chi connectivity index (χ0) is 22.5. The SMILES string of the molecule is COc1cn(CC(=O)Cc2ccc(C(=O)O)cc2)c(=O)cc1-c1cc(Cl)ccc1C#N. The fourth-order valence-electron chi connectivity index (χ4n) is 3.12. The molecule has 0 fully saturated rings. The van der Waals surface area contributed by atoms with Crippen molar-refractivity contribution in [2.45, 2.75) is 13.0 Å². The number of pyridine rings is 1. The quantitative estimate of drug-likeness (QED) is 0.606. The van der Waals surface area contributed by atoms with Crippen LogP contribution in [0.4, 0.5) is 0 Å². The first-order valence-electron chi connectivity index (χ1n) is 9.15. The molecule has 0 spiro atoms. The van der Waals surface area contributed by atoms with Crippen LogP contribution in [-0.2, 0) is 17.8 Å². The Labute approximate surface area is 182 Å². The second kappa shape index (κ2) is 9.28. The van der Waals surface area contributed by atoms with Crippen molar-refractivity contribution in [2.24, 2.45) is 0 Å². The van der Waals surface area contributed by atoms with Gasteiger partial charge in [-0.3, -0.25) is 9.59 Å². The molecule has 31 heavy (non-hydrogen) atoms. The van der Waals surface area contributed by atoms with Gasteiger partial charge >= 0.3 is 5.97 Å². The lowest BCUT2D eigenvalue weighted by Gasteiger charge is -2.13.